The Morgan fingerprint density at radius 2 is 2.19 bits per heavy atom. The maximum absolute atomic E-state index is 4.14. The smallest absolute Gasteiger partial charge is 0.143 e. The van der Waals surface area contributed by atoms with Crippen molar-refractivity contribution in [3.63, 3.8) is 0 Å². The lowest BCUT2D eigenvalue weighted by Gasteiger charge is -2.05. The zero-order chi connectivity index (χ0) is 11.4. The zero-order valence-corrected chi connectivity index (χ0v) is 12.3. The summed E-state index contributed by atoms with van der Waals surface area (Å²) in [4.78, 5) is 9.40. The van der Waals surface area contributed by atoms with Crippen molar-refractivity contribution in [3.05, 3.63) is 37.8 Å². The van der Waals surface area contributed by atoms with E-state index in [1.54, 1.807) is 17.5 Å². The second-order valence-corrected chi connectivity index (χ2v) is 6.50. The van der Waals surface area contributed by atoms with Crippen LogP contribution >= 0.6 is 43.2 Å². The number of anilines is 1. The number of thiophene rings is 1. The number of nitrogens with zero attached hydrogens (tertiary/aromatic N) is 2. The normalized spacial score (nSPS) is 10.4. The van der Waals surface area contributed by atoms with Gasteiger partial charge in [-0.05, 0) is 50.4 Å². The Labute approximate surface area is 115 Å². The molecule has 2 aromatic rings. The number of hydrogen-bond acceptors (Lipinski definition) is 4. The van der Waals surface area contributed by atoms with Crippen molar-refractivity contribution < 1.29 is 0 Å². The highest BCUT2D eigenvalue weighted by atomic mass is 79.9. The molecular formula is C10H9Br2N3S. The molecule has 0 spiro atoms. The van der Waals surface area contributed by atoms with E-state index in [-0.39, 0.29) is 0 Å². The molecule has 0 radical (unpaired) electrons. The second kappa shape index (κ2) is 5.75. The van der Waals surface area contributed by atoms with Gasteiger partial charge >= 0.3 is 0 Å². The van der Waals surface area contributed by atoms with Gasteiger partial charge in [0.25, 0.3) is 0 Å². The van der Waals surface area contributed by atoms with Crippen LogP contribution in [-0.4, -0.2) is 16.5 Å². The highest BCUT2D eigenvalue weighted by Gasteiger charge is 2.01. The summed E-state index contributed by atoms with van der Waals surface area (Å²) in [6, 6.07) is 4.20. The third kappa shape index (κ3) is 3.26. The molecule has 84 valence electrons. The molecule has 2 rings (SSSR count). The standard InChI is InChI=1S/C10H9Br2N3S/c11-8-5-13-6-15-10(8)14-4-3-7-1-2-9(12)16-7/h1-2,5-6H,3-4H2,(H,13,14,15). The van der Waals surface area contributed by atoms with Gasteiger partial charge in [-0.3, -0.25) is 0 Å². The molecule has 3 nitrogen and oxygen atoms in total. The lowest BCUT2D eigenvalue weighted by Crippen LogP contribution is -2.06. The number of aromatic nitrogens is 2. The first-order valence-electron chi connectivity index (χ1n) is 4.69. The predicted octanol–water partition coefficient (Wildman–Crippen LogP) is 3.72. The van der Waals surface area contributed by atoms with Gasteiger partial charge in [-0.2, -0.15) is 0 Å². The molecular weight excluding hydrogens is 354 g/mol. The van der Waals surface area contributed by atoms with Crippen molar-refractivity contribution in [1.82, 2.24) is 9.97 Å². The summed E-state index contributed by atoms with van der Waals surface area (Å²) in [6.45, 7) is 0.864. The van der Waals surface area contributed by atoms with Crippen molar-refractivity contribution in [3.8, 4) is 0 Å². The van der Waals surface area contributed by atoms with Gasteiger partial charge in [0.1, 0.15) is 12.1 Å². The highest BCUT2D eigenvalue weighted by Crippen LogP contribution is 2.22. The molecule has 0 saturated carbocycles. The first-order chi connectivity index (χ1) is 7.75. The largest absolute Gasteiger partial charge is 0.369 e. The van der Waals surface area contributed by atoms with E-state index in [0.29, 0.717) is 0 Å². The molecule has 0 aliphatic carbocycles. The Bertz CT molecular complexity index is 473. The summed E-state index contributed by atoms with van der Waals surface area (Å²) in [5, 5.41) is 3.26. The van der Waals surface area contributed by atoms with Crippen LogP contribution in [0.3, 0.4) is 0 Å². The number of halogens is 2. The molecule has 0 fully saturated rings. The van der Waals surface area contributed by atoms with Gasteiger partial charge in [0.15, 0.2) is 0 Å². The van der Waals surface area contributed by atoms with Gasteiger partial charge in [0, 0.05) is 17.6 Å². The average Bonchev–Trinajstić information content (AvgIpc) is 2.67. The molecule has 0 atom stereocenters. The van der Waals surface area contributed by atoms with Crippen molar-refractivity contribution in [2.45, 2.75) is 6.42 Å². The Morgan fingerprint density at radius 3 is 2.88 bits per heavy atom. The number of rotatable bonds is 4. The van der Waals surface area contributed by atoms with Crippen LogP contribution in [0.25, 0.3) is 0 Å². The molecule has 1 N–H and O–H groups in total. The summed E-state index contributed by atoms with van der Waals surface area (Å²) in [5.74, 6) is 0.839. The van der Waals surface area contributed by atoms with Gasteiger partial charge in [-0.1, -0.05) is 0 Å². The van der Waals surface area contributed by atoms with Gasteiger partial charge in [-0.15, -0.1) is 11.3 Å². The Morgan fingerprint density at radius 1 is 1.31 bits per heavy atom. The van der Waals surface area contributed by atoms with Gasteiger partial charge in [0.2, 0.25) is 0 Å². The third-order valence-corrected chi connectivity index (χ3v) is 4.22. The lowest BCUT2D eigenvalue weighted by atomic mass is 10.3. The average molecular weight is 363 g/mol. The van der Waals surface area contributed by atoms with Gasteiger partial charge in [0.05, 0.1) is 8.26 Å². The highest BCUT2D eigenvalue weighted by molar-refractivity contribution is 9.11. The molecule has 6 heteroatoms. The molecule has 2 aromatic heterocycles. The first kappa shape index (κ1) is 12.0. The minimum Gasteiger partial charge on any atom is -0.369 e. The predicted molar refractivity (Wildman–Crippen MR) is 73.9 cm³/mol. The number of hydrogen-bond donors (Lipinski definition) is 1. The van der Waals surface area contributed by atoms with Crippen LogP contribution in [0.5, 0.6) is 0 Å². The molecule has 0 aliphatic heterocycles. The monoisotopic (exact) mass is 361 g/mol. The summed E-state index contributed by atoms with van der Waals surface area (Å²) in [5.41, 5.74) is 0. The Hall–Kier alpha value is -0.460. The van der Waals surface area contributed by atoms with Crippen LogP contribution in [0.1, 0.15) is 4.88 Å². The first-order valence-corrected chi connectivity index (χ1v) is 7.09. The SMILES string of the molecule is Brc1ccc(CCNc2ncncc2Br)s1. The van der Waals surface area contributed by atoms with Crippen molar-refractivity contribution >= 4 is 49.0 Å². The minimum atomic E-state index is 0.839. The zero-order valence-electron chi connectivity index (χ0n) is 8.28. The third-order valence-electron chi connectivity index (χ3n) is 1.96. The molecule has 0 unspecified atom stereocenters. The van der Waals surface area contributed by atoms with Gasteiger partial charge in [-0.25, -0.2) is 9.97 Å². The maximum atomic E-state index is 4.14. The number of nitrogens with one attached hydrogen (secondary N) is 1. The van der Waals surface area contributed by atoms with E-state index in [0.717, 1.165) is 23.3 Å². The van der Waals surface area contributed by atoms with Crippen LogP contribution in [0.2, 0.25) is 0 Å². The quantitative estimate of drug-likeness (QED) is 0.900. The van der Waals surface area contributed by atoms with Gasteiger partial charge < -0.3 is 5.32 Å². The second-order valence-electron chi connectivity index (χ2n) is 3.10. The fourth-order valence-electron chi connectivity index (χ4n) is 1.23. The molecule has 2 heterocycles. The minimum absolute atomic E-state index is 0.839. The Balaban J connectivity index is 1.87. The Kier molecular flexibility index (Phi) is 4.31. The van der Waals surface area contributed by atoms with E-state index in [1.165, 1.54) is 15.0 Å². The van der Waals surface area contributed by atoms with Crippen LogP contribution in [-0.2, 0) is 6.42 Å². The van der Waals surface area contributed by atoms with Crippen molar-refractivity contribution in [2.24, 2.45) is 0 Å². The molecule has 0 amide bonds. The van der Waals surface area contributed by atoms with E-state index in [9.17, 15) is 0 Å². The van der Waals surface area contributed by atoms with E-state index in [2.05, 4.69) is 59.3 Å². The maximum Gasteiger partial charge on any atom is 0.143 e. The lowest BCUT2D eigenvalue weighted by molar-refractivity contribution is 1.01. The fraction of sp³-hybridized carbons (Fsp3) is 0.200. The topological polar surface area (TPSA) is 37.8 Å². The molecule has 0 aromatic carbocycles. The van der Waals surface area contributed by atoms with Crippen molar-refractivity contribution in [1.29, 1.82) is 0 Å². The van der Waals surface area contributed by atoms with Crippen LogP contribution in [0.4, 0.5) is 5.82 Å². The van der Waals surface area contributed by atoms with Crippen LogP contribution in [0.15, 0.2) is 32.9 Å². The molecule has 0 bridgehead atoms. The van der Waals surface area contributed by atoms with Crippen molar-refractivity contribution in [2.75, 3.05) is 11.9 Å². The summed E-state index contributed by atoms with van der Waals surface area (Å²) < 4.78 is 2.06. The molecule has 16 heavy (non-hydrogen) atoms. The van der Waals surface area contributed by atoms with E-state index < -0.39 is 0 Å². The molecule has 0 aliphatic rings. The van der Waals surface area contributed by atoms with E-state index >= 15 is 0 Å². The fourth-order valence-corrected chi connectivity index (χ4v) is 3.08. The summed E-state index contributed by atoms with van der Waals surface area (Å²) >= 11 is 8.60. The summed E-state index contributed by atoms with van der Waals surface area (Å²) in [6.07, 6.45) is 4.26. The van der Waals surface area contributed by atoms with E-state index in [4.69, 9.17) is 0 Å². The summed E-state index contributed by atoms with van der Waals surface area (Å²) in [7, 11) is 0. The molecule has 0 saturated heterocycles. The van der Waals surface area contributed by atoms with Crippen LogP contribution < -0.4 is 5.32 Å². The van der Waals surface area contributed by atoms with Crippen LogP contribution in [0, 0.1) is 0 Å². The van der Waals surface area contributed by atoms with E-state index in [1.807, 2.05) is 0 Å².